The molecule has 13 heteroatoms. The summed E-state index contributed by atoms with van der Waals surface area (Å²) in [5.74, 6) is -2.32. The van der Waals surface area contributed by atoms with Gasteiger partial charge in [0.2, 0.25) is 0 Å². The molecule has 49 heavy (non-hydrogen) atoms. The molecule has 0 unspecified atom stereocenters. The van der Waals surface area contributed by atoms with E-state index in [1.54, 1.807) is 34.6 Å². The highest BCUT2D eigenvalue weighted by Gasteiger charge is 2.56. The largest absolute Gasteiger partial charge is 0.459 e. The highest BCUT2D eigenvalue weighted by Crippen LogP contribution is 2.43. The van der Waals surface area contributed by atoms with Crippen LogP contribution in [0.2, 0.25) is 0 Å². The van der Waals surface area contributed by atoms with E-state index in [9.17, 15) is 25.2 Å². The first-order valence-corrected chi connectivity index (χ1v) is 18.2. The Morgan fingerprint density at radius 2 is 1.59 bits per heavy atom. The van der Waals surface area contributed by atoms with Gasteiger partial charge in [-0.1, -0.05) is 20.8 Å². The van der Waals surface area contributed by atoms with Crippen LogP contribution in [0.4, 0.5) is 0 Å². The molecule has 0 aromatic rings. The van der Waals surface area contributed by atoms with Crippen LogP contribution in [0.5, 0.6) is 0 Å². The third-order valence-electron chi connectivity index (χ3n) is 11.8. The number of rotatable bonds is 6. The molecule has 0 saturated carbocycles. The van der Waals surface area contributed by atoms with E-state index in [0.29, 0.717) is 13.0 Å². The van der Waals surface area contributed by atoms with Gasteiger partial charge in [-0.2, -0.15) is 0 Å². The predicted molar refractivity (Wildman–Crippen MR) is 179 cm³/mol. The van der Waals surface area contributed by atoms with Gasteiger partial charge in [0.05, 0.1) is 47.6 Å². The summed E-state index contributed by atoms with van der Waals surface area (Å²) >= 11 is 0. The van der Waals surface area contributed by atoms with E-state index in [1.165, 1.54) is 14.0 Å². The highest BCUT2D eigenvalue weighted by atomic mass is 16.7. The van der Waals surface area contributed by atoms with Crippen LogP contribution < -0.4 is 0 Å². The minimum absolute atomic E-state index is 0.0201. The predicted octanol–water partition coefficient (Wildman–Crippen LogP) is 2.38. The smallest absolute Gasteiger partial charge is 0.311 e. The fraction of sp³-hybridized carbons (Fsp3) is 0.972. The van der Waals surface area contributed by atoms with Crippen molar-refractivity contribution in [2.45, 2.75) is 185 Å². The summed E-state index contributed by atoms with van der Waals surface area (Å²) in [5.41, 5.74) is -4.20. The first-order valence-electron chi connectivity index (χ1n) is 18.2. The molecular formula is C36H65NO12. The zero-order valence-electron chi connectivity index (χ0n) is 31.7. The van der Waals surface area contributed by atoms with Crippen LogP contribution >= 0.6 is 0 Å². The minimum atomic E-state index is -1.77. The molecule has 4 aliphatic rings. The second-order valence-electron chi connectivity index (χ2n) is 16.3. The van der Waals surface area contributed by atoms with Gasteiger partial charge in [-0.05, 0) is 74.3 Å². The SMILES string of the molecule is CC[C@H]1OC(=O)[C@H](C)[C@@H](O[C@H]2C[C@@](C)(OC)[C@@H](O)[C@H](C)O2)[C@H](C)[C@@H](O[C@@H]2O[C@H](C)C[C@H]3O[C@@H]23)[C@](C)(O)C[C@@H](C)CN(C)[C@H](C)[C@@H](O)[C@]1(C)O. The number of methoxy groups -OCH3 is 1. The molecule has 0 spiro atoms. The van der Waals surface area contributed by atoms with Crippen molar-refractivity contribution in [1.82, 2.24) is 4.90 Å². The van der Waals surface area contributed by atoms with Crippen molar-refractivity contribution in [1.29, 1.82) is 0 Å². The van der Waals surface area contributed by atoms with Crippen LogP contribution in [0, 0.1) is 17.8 Å². The van der Waals surface area contributed by atoms with Gasteiger partial charge >= 0.3 is 5.97 Å². The van der Waals surface area contributed by atoms with Crippen LogP contribution in [-0.4, -0.2) is 142 Å². The number of fused-ring (bicyclic) bond motifs is 1. The summed E-state index contributed by atoms with van der Waals surface area (Å²) in [4.78, 5) is 16.1. The molecule has 0 aromatic heterocycles. The molecule has 18 atom stereocenters. The van der Waals surface area contributed by atoms with Gasteiger partial charge in [-0.3, -0.25) is 4.79 Å². The number of hydrogen-bond acceptors (Lipinski definition) is 13. The molecule has 0 amide bonds. The number of esters is 1. The zero-order valence-corrected chi connectivity index (χ0v) is 31.7. The number of hydrogen-bond donors (Lipinski definition) is 4. The van der Waals surface area contributed by atoms with Crippen LogP contribution in [0.25, 0.3) is 0 Å². The molecule has 4 rings (SSSR count). The quantitative estimate of drug-likeness (QED) is 0.235. The average molecular weight is 704 g/mol. The van der Waals surface area contributed by atoms with Gasteiger partial charge in [0, 0.05) is 38.5 Å². The minimum Gasteiger partial charge on any atom is -0.459 e. The van der Waals surface area contributed by atoms with E-state index < -0.39 is 89.9 Å². The second-order valence-corrected chi connectivity index (χ2v) is 16.3. The lowest BCUT2D eigenvalue weighted by molar-refractivity contribution is -0.307. The number of aliphatic hydroxyl groups is 4. The Labute approximate surface area is 292 Å². The maximum atomic E-state index is 14.1. The van der Waals surface area contributed by atoms with Crippen molar-refractivity contribution in [3.05, 3.63) is 0 Å². The lowest BCUT2D eigenvalue weighted by atomic mass is 9.77. The third-order valence-corrected chi connectivity index (χ3v) is 11.8. The second kappa shape index (κ2) is 15.6. The van der Waals surface area contributed by atoms with Crippen LogP contribution in [0.15, 0.2) is 0 Å². The van der Waals surface area contributed by atoms with E-state index in [2.05, 4.69) is 0 Å². The highest BCUT2D eigenvalue weighted by molar-refractivity contribution is 5.73. The Hall–Kier alpha value is -0.970. The van der Waals surface area contributed by atoms with Crippen molar-refractivity contribution < 1.29 is 58.4 Å². The number of likely N-dealkylation sites (N-methyl/N-ethyl adjacent to an activating group) is 1. The van der Waals surface area contributed by atoms with Crippen molar-refractivity contribution in [2.75, 3.05) is 20.7 Å². The Balaban J connectivity index is 1.77. The Kier molecular flexibility index (Phi) is 13.0. The summed E-state index contributed by atoms with van der Waals surface area (Å²) in [6.07, 6.45) is -6.16. The monoisotopic (exact) mass is 703 g/mol. The normalized spacial score (nSPS) is 52.4. The average Bonchev–Trinajstić information content (AvgIpc) is 3.80. The number of cyclic esters (lactones) is 1. The summed E-state index contributed by atoms with van der Waals surface area (Å²) < 4.78 is 43.4. The maximum absolute atomic E-state index is 14.1. The summed E-state index contributed by atoms with van der Waals surface area (Å²) in [5, 5.41) is 46.4. The van der Waals surface area contributed by atoms with Crippen LogP contribution in [-0.2, 0) is 38.0 Å². The van der Waals surface area contributed by atoms with Crippen molar-refractivity contribution in [3.63, 3.8) is 0 Å². The van der Waals surface area contributed by atoms with Gasteiger partial charge < -0.3 is 58.5 Å². The Bertz CT molecular complexity index is 1110. The van der Waals surface area contributed by atoms with Gasteiger partial charge in [0.15, 0.2) is 12.6 Å². The number of ether oxygens (including phenoxy) is 7. The lowest BCUT2D eigenvalue weighted by Gasteiger charge is -2.47. The Morgan fingerprint density at radius 3 is 2.20 bits per heavy atom. The number of epoxide rings is 1. The molecule has 4 fully saturated rings. The lowest BCUT2D eigenvalue weighted by Crippen LogP contribution is -2.59. The molecule has 4 aliphatic heterocycles. The van der Waals surface area contributed by atoms with Crippen LogP contribution in [0.1, 0.15) is 94.9 Å². The summed E-state index contributed by atoms with van der Waals surface area (Å²) in [6, 6.07) is -0.503. The van der Waals surface area contributed by atoms with Gasteiger partial charge in [-0.25, -0.2) is 0 Å². The fourth-order valence-corrected chi connectivity index (χ4v) is 8.47. The first kappa shape index (κ1) is 40.8. The molecule has 0 aliphatic carbocycles. The van der Waals surface area contributed by atoms with Gasteiger partial charge in [0.25, 0.3) is 0 Å². The van der Waals surface area contributed by atoms with E-state index in [-0.39, 0.29) is 37.1 Å². The first-order chi connectivity index (χ1) is 22.7. The number of carbonyl (C=O) groups excluding carboxylic acids is 1. The molecule has 4 N–H and O–H groups in total. The number of nitrogens with zero attached hydrogens (tertiary/aromatic N) is 1. The molecule has 4 saturated heterocycles. The standard InChI is InChI=1S/C36H65NO12/c1-13-25-36(10,42)29(38)22(6)37(11)17-18(2)15-34(8,41)31(49-33-28-24(46-28)14-19(3)44-33)20(4)27(21(5)32(40)47-25)48-26-16-35(9,43-12)30(39)23(7)45-26/h18-31,33,38-39,41-42H,13-17H2,1-12H3/t18-,19-,20+,21-,22-,23+,24-,25-,26+,27+,28-,29-,30+,31-,33+,34-,35-,36-/m1/s1. The van der Waals surface area contributed by atoms with E-state index >= 15 is 0 Å². The van der Waals surface area contributed by atoms with Crippen molar-refractivity contribution in [2.24, 2.45) is 17.8 Å². The van der Waals surface area contributed by atoms with E-state index in [0.717, 1.165) is 6.42 Å². The maximum Gasteiger partial charge on any atom is 0.311 e. The van der Waals surface area contributed by atoms with E-state index in [4.69, 9.17) is 33.2 Å². The van der Waals surface area contributed by atoms with Crippen molar-refractivity contribution in [3.8, 4) is 0 Å². The molecule has 13 nitrogen and oxygen atoms in total. The summed E-state index contributed by atoms with van der Waals surface area (Å²) in [6.45, 7) is 18.4. The fourth-order valence-electron chi connectivity index (χ4n) is 8.47. The van der Waals surface area contributed by atoms with Crippen LogP contribution in [0.3, 0.4) is 0 Å². The molecule has 0 aromatic carbocycles. The number of aliphatic hydroxyl groups excluding tert-OH is 2. The summed E-state index contributed by atoms with van der Waals surface area (Å²) in [7, 11) is 3.38. The molecule has 4 heterocycles. The molecule has 286 valence electrons. The molecular weight excluding hydrogens is 638 g/mol. The van der Waals surface area contributed by atoms with Gasteiger partial charge in [-0.15, -0.1) is 0 Å². The number of carbonyl (C=O) groups is 1. The molecule has 0 radical (unpaired) electrons. The molecule has 0 bridgehead atoms. The van der Waals surface area contributed by atoms with E-state index in [1.807, 2.05) is 39.6 Å². The zero-order chi connectivity index (χ0) is 36.8. The Morgan fingerprint density at radius 1 is 0.939 bits per heavy atom. The van der Waals surface area contributed by atoms with Gasteiger partial charge in [0.1, 0.15) is 30.0 Å². The van der Waals surface area contributed by atoms with Crippen molar-refractivity contribution >= 4 is 5.97 Å². The topological polar surface area (TPSA) is 169 Å². The third kappa shape index (κ3) is 8.81.